The molecule has 0 aliphatic carbocycles. The van der Waals surface area contributed by atoms with Crippen LogP contribution in [-0.2, 0) is 0 Å². The first-order valence-corrected chi connectivity index (χ1v) is 9.32. The van der Waals surface area contributed by atoms with E-state index in [2.05, 4.69) is 10.6 Å². The van der Waals surface area contributed by atoms with Crippen LogP contribution in [0.2, 0.25) is 10.0 Å². The molecule has 1 fully saturated rings. The summed E-state index contributed by atoms with van der Waals surface area (Å²) in [5, 5.41) is 6.93. The van der Waals surface area contributed by atoms with Gasteiger partial charge in [-0.1, -0.05) is 23.2 Å². The molecule has 1 aliphatic heterocycles. The normalized spacial score (nSPS) is 16.8. The van der Waals surface area contributed by atoms with Gasteiger partial charge in [-0.3, -0.25) is 0 Å². The highest BCUT2D eigenvalue weighted by Crippen LogP contribution is 2.18. The largest absolute Gasteiger partial charge is 0.322 e. The van der Waals surface area contributed by atoms with Crippen molar-refractivity contribution < 1.29 is 9.59 Å². The first kappa shape index (κ1) is 19.3. The number of nitrogens with zero attached hydrogens (tertiary/aromatic N) is 2. The minimum Gasteiger partial charge on any atom is -0.321 e. The Morgan fingerprint density at radius 3 is 1.81 bits per heavy atom. The highest BCUT2D eigenvalue weighted by Gasteiger charge is 2.29. The van der Waals surface area contributed by atoms with Crippen LogP contribution in [-0.4, -0.2) is 47.5 Å². The van der Waals surface area contributed by atoms with E-state index in [9.17, 15) is 9.59 Å². The number of hydrogen-bond acceptors (Lipinski definition) is 2. The lowest BCUT2D eigenvalue weighted by Crippen LogP contribution is -2.57. The average molecular weight is 407 g/mol. The van der Waals surface area contributed by atoms with Crippen molar-refractivity contribution >= 4 is 46.6 Å². The highest BCUT2D eigenvalue weighted by atomic mass is 35.5. The Morgan fingerprint density at radius 1 is 0.852 bits per heavy atom. The first-order chi connectivity index (χ1) is 12.9. The van der Waals surface area contributed by atoms with Crippen molar-refractivity contribution in [3.05, 3.63) is 58.6 Å². The third-order valence-electron chi connectivity index (χ3n) is 4.37. The molecule has 1 unspecified atom stereocenters. The number of piperazine rings is 1. The number of halogens is 2. The molecule has 27 heavy (non-hydrogen) atoms. The third kappa shape index (κ3) is 5.05. The summed E-state index contributed by atoms with van der Waals surface area (Å²) in [6.07, 6.45) is 0. The van der Waals surface area contributed by atoms with Gasteiger partial charge >= 0.3 is 12.1 Å². The minimum absolute atomic E-state index is 0.109. The van der Waals surface area contributed by atoms with Crippen molar-refractivity contribution in [1.29, 1.82) is 0 Å². The van der Waals surface area contributed by atoms with E-state index < -0.39 is 0 Å². The topological polar surface area (TPSA) is 64.7 Å². The Hall–Kier alpha value is -2.44. The molecule has 0 radical (unpaired) electrons. The van der Waals surface area contributed by atoms with E-state index >= 15 is 0 Å². The molecule has 0 saturated carbocycles. The summed E-state index contributed by atoms with van der Waals surface area (Å²) in [5.41, 5.74) is 1.36. The Kier molecular flexibility index (Phi) is 6.08. The second-order valence-corrected chi connectivity index (χ2v) is 7.24. The molecular formula is C19H20Cl2N4O2. The van der Waals surface area contributed by atoms with E-state index in [1.165, 1.54) is 0 Å². The van der Waals surface area contributed by atoms with E-state index in [4.69, 9.17) is 23.2 Å². The summed E-state index contributed by atoms with van der Waals surface area (Å²) >= 11 is 11.7. The molecule has 142 valence electrons. The van der Waals surface area contributed by atoms with Crippen LogP contribution >= 0.6 is 23.2 Å². The molecule has 0 aromatic heterocycles. The fourth-order valence-corrected chi connectivity index (χ4v) is 3.16. The first-order valence-electron chi connectivity index (χ1n) is 8.57. The Balaban J connectivity index is 1.54. The zero-order valence-electron chi connectivity index (χ0n) is 14.8. The maximum atomic E-state index is 12.5. The number of nitrogens with one attached hydrogen (secondary N) is 2. The molecule has 2 aromatic rings. The summed E-state index contributed by atoms with van der Waals surface area (Å²) in [6, 6.07) is 13.4. The van der Waals surface area contributed by atoms with Crippen molar-refractivity contribution in [3.63, 3.8) is 0 Å². The predicted molar refractivity (Wildman–Crippen MR) is 109 cm³/mol. The molecule has 6 nitrogen and oxygen atoms in total. The molecule has 4 amide bonds. The molecule has 1 atom stereocenters. The van der Waals surface area contributed by atoms with Gasteiger partial charge in [0.05, 0.1) is 0 Å². The van der Waals surface area contributed by atoms with Gasteiger partial charge in [-0.05, 0) is 55.5 Å². The summed E-state index contributed by atoms with van der Waals surface area (Å²) in [5.74, 6) is 0. The zero-order valence-corrected chi connectivity index (χ0v) is 16.3. The molecule has 0 bridgehead atoms. The molecule has 8 heteroatoms. The van der Waals surface area contributed by atoms with Crippen LogP contribution in [0.25, 0.3) is 0 Å². The standard InChI is InChI=1S/C19H20Cl2N4O2/c1-13-12-24(18(26)22-16-6-2-14(20)3-7-16)10-11-25(13)19(27)23-17-8-4-15(21)5-9-17/h2-9,13H,10-12H2,1H3,(H,22,26)(H,23,27). The van der Waals surface area contributed by atoms with Gasteiger partial charge in [0.1, 0.15) is 0 Å². The number of rotatable bonds is 2. The van der Waals surface area contributed by atoms with E-state index in [1.54, 1.807) is 58.3 Å². The SMILES string of the molecule is CC1CN(C(=O)Nc2ccc(Cl)cc2)CCN1C(=O)Nc1ccc(Cl)cc1. The van der Waals surface area contributed by atoms with Gasteiger partial charge in [-0.2, -0.15) is 0 Å². The number of carbonyl (C=O) groups excluding carboxylic acids is 2. The molecular weight excluding hydrogens is 387 g/mol. The van der Waals surface area contributed by atoms with Crippen LogP contribution in [0.5, 0.6) is 0 Å². The number of anilines is 2. The summed E-state index contributed by atoms with van der Waals surface area (Å²) in [4.78, 5) is 28.4. The average Bonchev–Trinajstić information content (AvgIpc) is 2.65. The van der Waals surface area contributed by atoms with Crippen LogP contribution in [0.4, 0.5) is 21.0 Å². The van der Waals surface area contributed by atoms with Crippen LogP contribution in [0.1, 0.15) is 6.92 Å². The monoisotopic (exact) mass is 406 g/mol. The van der Waals surface area contributed by atoms with Gasteiger partial charge in [0, 0.05) is 47.1 Å². The van der Waals surface area contributed by atoms with Crippen LogP contribution in [0.15, 0.2) is 48.5 Å². The highest BCUT2D eigenvalue weighted by molar-refractivity contribution is 6.30. The van der Waals surface area contributed by atoms with Crippen molar-refractivity contribution in [1.82, 2.24) is 9.80 Å². The van der Waals surface area contributed by atoms with Gasteiger partial charge in [0.2, 0.25) is 0 Å². The van der Waals surface area contributed by atoms with E-state index in [0.29, 0.717) is 41.1 Å². The second kappa shape index (κ2) is 8.50. The van der Waals surface area contributed by atoms with Crippen LogP contribution < -0.4 is 10.6 Å². The number of benzene rings is 2. The zero-order chi connectivity index (χ0) is 19.4. The predicted octanol–water partition coefficient (Wildman–Crippen LogP) is 4.76. The van der Waals surface area contributed by atoms with E-state index in [-0.39, 0.29) is 18.1 Å². The summed E-state index contributed by atoms with van der Waals surface area (Å²) in [6.45, 7) is 3.28. The fraction of sp³-hybridized carbons (Fsp3) is 0.263. The van der Waals surface area contributed by atoms with E-state index in [0.717, 1.165) is 0 Å². The summed E-state index contributed by atoms with van der Waals surface area (Å²) < 4.78 is 0. The van der Waals surface area contributed by atoms with E-state index in [1.807, 2.05) is 6.92 Å². The van der Waals surface area contributed by atoms with Gasteiger partial charge < -0.3 is 20.4 Å². The lowest BCUT2D eigenvalue weighted by molar-refractivity contribution is 0.124. The minimum atomic E-state index is -0.193. The number of hydrogen-bond donors (Lipinski definition) is 2. The fourth-order valence-electron chi connectivity index (χ4n) is 2.91. The van der Waals surface area contributed by atoms with Crippen LogP contribution in [0, 0.1) is 0 Å². The van der Waals surface area contributed by atoms with Crippen LogP contribution in [0.3, 0.4) is 0 Å². The number of amides is 4. The molecule has 0 spiro atoms. The van der Waals surface area contributed by atoms with Crippen molar-refractivity contribution in [3.8, 4) is 0 Å². The Labute approximate surface area is 168 Å². The smallest absolute Gasteiger partial charge is 0.321 e. The van der Waals surface area contributed by atoms with Gasteiger partial charge in [-0.25, -0.2) is 9.59 Å². The molecule has 2 aromatic carbocycles. The lowest BCUT2D eigenvalue weighted by atomic mass is 10.2. The molecule has 2 N–H and O–H groups in total. The third-order valence-corrected chi connectivity index (χ3v) is 4.87. The van der Waals surface area contributed by atoms with Gasteiger partial charge in [0.25, 0.3) is 0 Å². The maximum absolute atomic E-state index is 12.5. The molecule has 1 saturated heterocycles. The Morgan fingerprint density at radius 2 is 1.33 bits per heavy atom. The molecule has 3 rings (SSSR count). The lowest BCUT2D eigenvalue weighted by Gasteiger charge is -2.39. The molecule has 1 heterocycles. The van der Waals surface area contributed by atoms with Crippen molar-refractivity contribution in [2.45, 2.75) is 13.0 Å². The molecule has 1 aliphatic rings. The summed E-state index contributed by atoms with van der Waals surface area (Å²) in [7, 11) is 0. The van der Waals surface area contributed by atoms with Crippen molar-refractivity contribution in [2.75, 3.05) is 30.3 Å². The second-order valence-electron chi connectivity index (χ2n) is 6.36. The number of urea groups is 2. The Bertz CT molecular complexity index is 811. The van der Waals surface area contributed by atoms with Crippen molar-refractivity contribution in [2.24, 2.45) is 0 Å². The van der Waals surface area contributed by atoms with Gasteiger partial charge in [0.15, 0.2) is 0 Å². The maximum Gasteiger partial charge on any atom is 0.322 e. The van der Waals surface area contributed by atoms with Gasteiger partial charge in [-0.15, -0.1) is 0 Å². The number of carbonyl (C=O) groups is 2. The quantitative estimate of drug-likeness (QED) is 0.754.